The maximum absolute atomic E-state index is 11.3. The second kappa shape index (κ2) is 6.93. The van der Waals surface area contributed by atoms with E-state index in [1.165, 1.54) is 0 Å². The number of alkyl carbamates (subject to hydrolysis) is 1. The molecule has 0 aromatic rings. The zero-order valence-corrected chi connectivity index (χ0v) is 11.9. The lowest BCUT2D eigenvalue weighted by Crippen LogP contribution is -2.36. The van der Waals surface area contributed by atoms with Gasteiger partial charge in [0.05, 0.1) is 4.05 Å². The van der Waals surface area contributed by atoms with Gasteiger partial charge in [-0.3, -0.25) is 4.79 Å². The van der Waals surface area contributed by atoms with Gasteiger partial charge in [-0.1, -0.05) is 22.6 Å². The van der Waals surface area contributed by atoms with Crippen LogP contribution in [0.25, 0.3) is 0 Å². The number of ether oxygens (including phenoxy) is 1. The van der Waals surface area contributed by atoms with Gasteiger partial charge in [0.25, 0.3) is 0 Å². The number of aliphatic carboxylic acids is 1. The summed E-state index contributed by atoms with van der Waals surface area (Å²) in [6, 6.07) is 0. The first-order valence-corrected chi connectivity index (χ1v) is 6.30. The quantitative estimate of drug-likeness (QED) is 0.457. The predicted octanol–water partition coefficient (Wildman–Crippen LogP) is 2.53. The average molecular weight is 343 g/mol. The van der Waals surface area contributed by atoms with Crippen LogP contribution in [0, 0.1) is 0 Å². The summed E-state index contributed by atoms with van der Waals surface area (Å²) >= 11 is 2.05. The topological polar surface area (TPSA) is 75.6 Å². The number of alkyl halides is 1. The molecule has 0 aliphatic heterocycles. The van der Waals surface area contributed by atoms with Gasteiger partial charge in [0.1, 0.15) is 5.60 Å². The summed E-state index contributed by atoms with van der Waals surface area (Å²) in [5.74, 6) is -0.819. The fourth-order valence-electron chi connectivity index (χ4n) is 0.940. The third-order valence-corrected chi connectivity index (χ3v) is 2.46. The van der Waals surface area contributed by atoms with Gasteiger partial charge in [-0.05, 0) is 33.6 Å². The number of carbonyl (C=O) groups is 2. The van der Waals surface area contributed by atoms with Crippen molar-refractivity contribution in [2.24, 2.45) is 0 Å². The van der Waals surface area contributed by atoms with Crippen molar-refractivity contribution in [3.63, 3.8) is 0 Å². The molecule has 0 bridgehead atoms. The largest absolute Gasteiger partial charge is 0.481 e. The number of amides is 1. The Labute approximate surface area is 109 Å². The summed E-state index contributed by atoms with van der Waals surface area (Å²) in [5.41, 5.74) is -0.512. The minimum atomic E-state index is -0.819. The Morgan fingerprint density at radius 2 is 2.00 bits per heavy atom. The average Bonchev–Trinajstić information content (AvgIpc) is 1.98. The number of carboxylic acid groups (broad SMARTS) is 1. The third kappa shape index (κ3) is 10.0. The van der Waals surface area contributed by atoms with Crippen LogP contribution in [0.15, 0.2) is 0 Å². The second-order valence-electron chi connectivity index (χ2n) is 4.40. The highest BCUT2D eigenvalue weighted by Gasteiger charge is 2.18. The van der Waals surface area contributed by atoms with Gasteiger partial charge in [-0.2, -0.15) is 0 Å². The van der Waals surface area contributed by atoms with Crippen LogP contribution in [0.5, 0.6) is 0 Å². The monoisotopic (exact) mass is 343 g/mol. The van der Waals surface area contributed by atoms with Crippen molar-refractivity contribution in [1.82, 2.24) is 5.32 Å². The molecule has 0 rings (SSSR count). The molecule has 0 aromatic carbocycles. The maximum Gasteiger partial charge on any atom is 0.408 e. The molecule has 0 heterocycles. The summed E-state index contributed by atoms with van der Waals surface area (Å²) < 4.78 is 4.96. The van der Waals surface area contributed by atoms with Crippen molar-refractivity contribution >= 4 is 34.7 Å². The van der Waals surface area contributed by atoms with Gasteiger partial charge in [0, 0.05) is 6.42 Å². The first-order valence-electron chi connectivity index (χ1n) is 5.06. The Bertz CT molecular complexity index is 250. The van der Waals surface area contributed by atoms with E-state index < -0.39 is 17.7 Å². The van der Waals surface area contributed by atoms with Gasteiger partial charge in [-0.15, -0.1) is 0 Å². The molecule has 0 aliphatic carbocycles. The zero-order valence-electron chi connectivity index (χ0n) is 9.75. The van der Waals surface area contributed by atoms with E-state index in [9.17, 15) is 9.59 Å². The van der Waals surface area contributed by atoms with Gasteiger partial charge in [0.2, 0.25) is 0 Å². The van der Waals surface area contributed by atoms with Gasteiger partial charge >= 0.3 is 12.1 Å². The molecule has 0 spiro atoms. The van der Waals surface area contributed by atoms with E-state index in [1.807, 2.05) is 0 Å². The normalized spacial score (nSPS) is 13.0. The molecule has 0 aliphatic rings. The molecule has 0 radical (unpaired) electrons. The van der Waals surface area contributed by atoms with E-state index in [-0.39, 0.29) is 10.5 Å². The fourth-order valence-corrected chi connectivity index (χ4v) is 1.63. The van der Waals surface area contributed by atoms with Crippen molar-refractivity contribution in [3.8, 4) is 0 Å². The van der Waals surface area contributed by atoms with E-state index in [2.05, 4.69) is 27.9 Å². The number of carboxylic acids is 1. The van der Waals surface area contributed by atoms with E-state index in [0.717, 1.165) is 0 Å². The highest BCUT2D eigenvalue weighted by atomic mass is 127. The van der Waals surface area contributed by atoms with Gasteiger partial charge in [-0.25, -0.2) is 4.79 Å². The van der Waals surface area contributed by atoms with Crippen molar-refractivity contribution in [3.05, 3.63) is 0 Å². The summed E-state index contributed by atoms with van der Waals surface area (Å²) in [6.45, 7) is 5.37. The molecule has 0 saturated heterocycles. The smallest absolute Gasteiger partial charge is 0.408 e. The molecule has 1 atom stereocenters. The van der Waals surface area contributed by atoms with Crippen LogP contribution < -0.4 is 5.32 Å². The molecule has 2 N–H and O–H groups in total. The summed E-state index contributed by atoms with van der Waals surface area (Å²) in [7, 11) is 0. The van der Waals surface area contributed by atoms with Crippen LogP contribution in [0.1, 0.15) is 40.0 Å². The number of carbonyl (C=O) groups excluding carboxylic acids is 1. The summed E-state index contributed by atoms with van der Waals surface area (Å²) in [4.78, 5) is 21.6. The molecular formula is C10H18INO4. The SMILES string of the molecule is CC(C)(C)OC(=O)N[C@@H](I)CCCC(=O)O. The lowest BCUT2D eigenvalue weighted by molar-refractivity contribution is -0.137. The Balaban J connectivity index is 3.74. The van der Waals surface area contributed by atoms with Crippen molar-refractivity contribution in [1.29, 1.82) is 0 Å². The number of halogens is 1. The fraction of sp³-hybridized carbons (Fsp3) is 0.800. The zero-order chi connectivity index (χ0) is 12.8. The Morgan fingerprint density at radius 3 is 2.44 bits per heavy atom. The number of hydrogen-bond acceptors (Lipinski definition) is 3. The van der Waals surface area contributed by atoms with Crippen LogP contribution in [0.3, 0.4) is 0 Å². The number of hydrogen-bond donors (Lipinski definition) is 2. The van der Waals surface area contributed by atoms with Crippen LogP contribution in [0.4, 0.5) is 4.79 Å². The maximum atomic E-state index is 11.3. The van der Waals surface area contributed by atoms with E-state index >= 15 is 0 Å². The molecule has 0 unspecified atom stereocenters. The van der Waals surface area contributed by atoms with E-state index in [0.29, 0.717) is 12.8 Å². The van der Waals surface area contributed by atoms with Crippen molar-refractivity contribution < 1.29 is 19.4 Å². The summed E-state index contributed by atoms with van der Waals surface area (Å²) in [6.07, 6.45) is 0.808. The molecule has 0 saturated carbocycles. The molecule has 94 valence electrons. The molecular weight excluding hydrogens is 325 g/mol. The van der Waals surface area contributed by atoms with Gasteiger partial charge < -0.3 is 15.2 Å². The Hall–Kier alpha value is -0.530. The van der Waals surface area contributed by atoms with E-state index in [4.69, 9.17) is 9.84 Å². The van der Waals surface area contributed by atoms with Gasteiger partial charge in [0.15, 0.2) is 0 Å². The second-order valence-corrected chi connectivity index (χ2v) is 5.90. The summed E-state index contributed by atoms with van der Waals surface area (Å²) in [5, 5.41) is 11.1. The minimum absolute atomic E-state index is 0.105. The Kier molecular flexibility index (Phi) is 6.70. The molecule has 0 aromatic heterocycles. The molecule has 5 nitrogen and oxygen atoms in total. The third-order valence-electron chi connectivity index (χ3n) is 1.52. The standard InChI is InChI=1S/C10H18INO4/c1-10(2,3)16-9(15)12-7(11)5-4-6-8(13)14/h7H,4-6H2,1-3H3,(H,12,15)(H,13,14)/t7-/m1/s1. The number of rotatable bonds is 5. The van der Waals surface area contributed by atoms with Crippen LogP contribution in [0.2, 0.25) is 0 Å². The first kappa shape index (κ1) is 15.5. The van der Waals surface area contributed by atoms with E-state index in [1.54, 1.807) is 20.8 Å². The predicted molar refractivity (Wildman–Crippen MR) is 68.7 cm³/mol. The van der Waals surface area contributed by atoms with Crippen LogP contribution in [-0.2, 0) is 9.53 Å². The highest BCUT2D eigenvalue weighted by Crippen LogP contribution is 2.11. The molecule has 0 fully saturated rings. The number of nitrogens with one attached hydrogen (secondary N) is 1. The lowest BCUT2D eigenvalue weighted by atomic mass is 10.2. The minimum Gasteiger partial charge on any atom is -0.481 e. The molecule has 1 amide bonds. The lowest BCUT2D eigenvalue weighted by Gasteiger charge is -2.21. The van der Waals surface area contributed by atoms with Crippen molar-refractivity contribution in [2.75, 3.05) is 0 Å². The Morgan fingerprint density at radius 1 is 1.44 bits per heavy atom. The van der Waals surface area contributed by atoms with Crippen molar-refractivity contribution in [2.45, 2.75) is 49.7 Å². The van der Waals surface area contributed by atoms with Crippen LogP contribution in [-0.4, -0.2) is 26.8 Å². The molecule has 16 heavy (non-hydrogen) atoms. The highest BCUT2D eigenvalue weighted by molar-refractivity contribution is 14.1. The molecule has 6 heteroatoms. The first-order chi connectivity index (χ1) is 7.20. The van der Waals surface area contributed by atoms with Crippen LogP contribution >= 0.6 is 22.6 Å².